The molecule has 0 amide bonds. The van der Waals surface area contributed by atoms with Crippen molar-refractivity contribution in [1.29, 1.82) is 0 Å². The van der Waals surface area contributed by atoms with E-state index in [1.807, 2.05) is 6.07 Å². The first-order valence-corrected chi connectivity index (χ1v) is 8.50. The molecule has 2 aliphatic rings. The van der Waals surface area contributed by atoms with Crippen molar-refractivity contribution in [2.45, 2.75) is 13.0 Å². The predicted molar refractivity (Wildman–Crippen MR) is 89.1 cm³/mol. The second-order valence-electron chi connectivity index (χ2n) is 5.73. The summed E-state index contributed by atoms with van der Waals surface area (Å²) < 4.78 is 10.9. The topological polar surface area (TPSA) is 76.7 Å². The second-order valence-corrected chi connectivity index (χ2v) is 6.72. The smallest absolute Gasteiger partial charge is 0.231 e. The number of rotatable bonds is 3. The molecule has 1 fully saturated rings. The summed E-state index contributed by atoms with van der Waals surface area (Å²) in [6.07, 6.45) is 0. The number of piperazine rings is 1. The molecule has 23 heavy (non-hydrogen) atoms. The van der Waals surface area contributed by atoms with E-state index in [9.17, 15) is 0 Å². The minimum atomic E-state index is 0.316. The maximum absolute atomic E-state index is 5.67. The highest BCUT2D eigenvalue weighted by Gasteiger charge is 2.25. The number of ether oxygens (including phenoxy) is 2. The fourth-order valence-corrected chi connectivity index (χ4v) is 3.70. The van der Waals surface area contributed by atoms with Gasteiger partial charge in [0.2, 0.25) is 17.1 Å². The van der Waals surface area contributed by atoms with E-state index in [2.05, 4.69) is 39.1 Å². The maximum atomic E-state index is 5.67. The van der Waals surface area contributed by atoms with Crippen molar-refractivity contribution < 1.29 is 9.47 Å². The number of nitrogens with zero attached hydrogens (tertiary/aromatic N) is 4. The minimum absolute atomic E-state index is 0.316. The van der Waals surface area contributed by atoms with Gasteiger partial charge in [0.15, 0.2) is 11.5 Å². The first-order chi connectivity index (χ1) is 11.2. The Bertz CT molecular complexity index is 699. The number of hydrogen-bond donors (Lipinski definition) is 1. The van der Waals surface area contributed by atoms with Gasteiger partial charge in [-0.3, -0.25) is 4.90 Å². The highest BCUT2D eigenvalue weighted by atomic mass is 32.1. The zero-order chi connectivity index (χ0) is 15.8. The standard InChI is InChI=1S/C15H19N5O2S/c1-10(11-2-3-12-13(8-11)22-9-21-12)19-4-6-20(7-5-19)15-18-17-14(16)23-15/h2-3,8,10H,4-7,9H2,1H3,(H2,16,17). The van der Waals surface area contributed by atoms with Crippen LogP contribution in [0, 0.1) is 0 Å². The SMILES string of the molecule is CC(c1ccc2c(c1)OCO2)N1CCN(c2nnc(N)s2)CC1. The molecule has 2 aromatic rings. The van der Waals surface area contributed by atoms with Crippen LogP contribution in [0.5, 0.6) is 11.5 Å². The van der Waals surface area contributed by atoms with Crippen LogP contribution in [0.3, 0.4) is 0 Å². The lowest BCUT2D eigenvalue weighted by Crippen LogP contribution is -2.47. The molecule has 1 aromatic carbocycles. The second kappa shape index (κ2) is 5.86. The van der Waals surface area contributed by atoms with Gasteiger partial charge in [-0.1, -0.05) is 17.4 Å². The molecule has 1 saturated heterocycles. The molecule has 1 aromatic heterocycles. The molecule has 2 N–H and O–H groups in total. The molecular weight excluding hydrogens is 314 g/mol. The molecule has 122 valence electrons. The van der Waals surface area contributed by atoms with E-state index in [1.165, 1.54) is 16.9 Å². The van der Waals surface area contributed by atoms with Crippen molar-refractivity contribution in [3.8, 4) is 11.5 Å². The Morgan fingerprint density at radius 3 is 2.65 bits per heavy atom. The molecule has 1 unspecified atom stereocenters. The van der Waals surface area contributed by atoms with E-state index < -0.39 is 0 Å². The van der Waals surface area contributed by atoms with Crippen LogP contribution in [0.25, 0.3) is 0 Å². The first kappa shape index (κ1) is 14.5. The van der Waals surface area contributed by atoms with Gasteiger partial charge in [-0.2, -0.15) is 0 Å². The van der Waals surface area contributed by atoms with Gasteiger partial charge in [0, 0.05) is 32.2 Å². The predicted octanol–water partition coefficient (Wildman–Crippen LogP) is 1.73. The Morgan fingerprint density at radius 1 is 1.13 bits per heavy atom. The van der Waals surface area contributed by atoms with Crippen LogP contribution in [0.15, 0.2) is 18.2 Å². The van der Waals surface area contributed by atoms with Gasteiger partial charge in [0.05, 0.1) is 0 Å². The summed E-state index contributed by atoms with van der Waals surface area (Å²) in [5.41, 5.74) is 6.92. The summed E-state index contributed by atoms with van der Waals surface area (Å²) in [5.74, 6) is 1.68. The fourth-order valence-electron chi connectivity index (χ4n) is 3.04. The monoisotopic (exact) mass is 333 g/mol. The maximum Gasteiger partial charge on any atom is 0.231 e. The van der Waals surface area contributed by atoms with Gasteiger partial charge in [0.1, 0.15) is 0 Å². The quantitative estimate of drug-likeness (QED) is 0.916. The zero-order valence-electron chi connectivity index (χ0n) is 12.9. The Labute approximate surface area is 138 Å². The lowest BCUT2D eigenvalue weighted by Gasteiger charge is -2.38. The summed E-state index contributed by atoms with van der Waals surface area (Å²) in [4.78, 5) is 4.72. The van der Waals surface area contributed by atoms with Gasteiger partial charge < -0.3 is 20.1 Å². The highest BCUT2D eigenvalue weighted by molar-refractivity contribution is 7.18. The van der Waals surface area contributed by atoms with Gasteiger partial charge in [-0.25, -0.2) is 0 Å². The van der Waals surface area contributed by atoms with Gasteiger partial charge in [0.25, 0.3) is 0 Å². The summed E-state index contributed by atoms with van der Waals surface area (Å²) in [6.45, 7) is 6.38. The fraction of sp³-hybridized carbons (Fsp3) is 0.467. The van der Waals surface area contributed by atoms with Crippen molar-refractivity contribution in [3.63, 3.8) is 0 Å². The average molecular weight is 333 g/mol. The average Bonchev–Trinajstić information content (AvgIpc) is 3.22. The molecule has 3 heterocycles. The summed E-state index contributed by atoms with van der Waals surface area (Å²) in [5, 5.41) is 9.46. The van der Waals surface area contributed by atoms with Crippen LogP contribution in [0.1, 0.15) is 18.5 Å². The number of hydrogen-bond acceptors (Lipinski definition) is 8. The summed E-state index contributed by atoms with van der Waals surface area (Å²) >= 11 is 1.45. The molecule has 8 heteroatoms. The van der Waals surface area contributed by atoms with Crippen molar-refractivity contribution in [2.24, 2.45) is 0 Å². The van der Waals surface area contributed by atoms with E-state index in [-0.39, 0.29) is 0 Å². The number of benzene rings is 1. The van der Waals surface area contributed by atoms with E-state index in [4.69, 9.17) is 15.2 Å². The Hall–Kier alpha value is -2.06. The molecule has 4 rings (SSSR count). The first-order valence-electron chi connectivity index (χ1n) is 7.68. The van der Waals surface area contributed by atoms with Crippen LogP contribution in [0.2, 0.25) is 0 Å². The molecular formula is C15H19N5O2S. The molecule has 7 nitrogen and oxygen atoms in total. The Balaban J connectivity index is 1.41. The third kappa shape index (κ3) is 2.79. The third-order valence-electron chi connectivity index (χ3n) is 4.44. The van der Waals surface area contributed by atoms with Crippen molar-refractivity contribution >= 4 is 21.6 Å². The summed E-state index contributed by atoms with van der Waals surface area (Å²) in [7, 11) is 0. The van der Waals surface area contributed by atoms with Crippen molar-refractivity contribution in [1.82, 2.24) is 15.1 Å². The van der Waals surface area contributed by atoms with Crippen LogP contribution in [0.4, 0.5) is 10.3 Å². The van der Waals surface area contributed by atoms with Crippen molar-refractivity contribution in [3.05, 3.63) is 23.8 Å². The van der Waals surface area contributed by atoms with Gasteiger partial charge in [-0.05, 0) is 24.6 Å². The van der Waals surface area contributed by atoms with E-state index in [0.717, 1.165) is 42.8 Å². The van der Waals surface area contributed by atoms with Crippen LogP contribution < -0.4 is 20.1 Å². The molecule has 0 radical (unpaired) electrons. The van der Waals surface area contributed by atoms with E-state index in [1.54, 1.807) is 0 Å². The van der Waals surface area contributed by atoms with E-state index >= 15 is 0 Å². The number of nitrogens with two attached hydrogens (primary N) is 1. The van der Waals surface area contributed by atoms with Crippen LogP contribution in [-0.2, 0) is 0 Å². The number of aromatic nitrogens is 2. The Morgan fingerprint density at radius 2 is 1.91 bits per heavy atom. The summed E-state index contributed by atoms with van der Waals surface area (Å²) in [6, 6.07) is 6.54. The lowest BCUT2D eigenvalue weighted by atomic mass is 10.1. The molecule has 0 bridgehead atoms. The normalized spacial score (nSPS) is 19.1. The van der Waals surface area contributed by atoms with E-state index in [0.29, 0.717) is 18.0 Å². The molecule has 0 aliphatic carbocycles. The molecule has 2 aliphatic heterocycles. The third-order valence-corrected chi connectivity index (χ3v) is 5.25. The van der Waals surface area contributed by atoms with Gasteiger partial charge in [-0.15, -0.1) is 10.2 Å². The van der Waals surface area contributed by atoms with Crippen LogP contribution >= 0.6 is 11.3 Å². The molecule has 0 spiro atoms. The highest BCUT2D eigenvalue weighted by Crippen LogP contribution is 2.35. The number of anilines is 2. The minimum Gasteiger partial charge on any atom is -0.454 e. The Kier molecular flexibility index (Phi) is 3.70. The molecule has 1 atom stereocenters. The van der Waals surface area contributed by atoms with Gasteiger partial charge >= 0.3 is 0 Å². The largest absolute Gasteiger partial charge is 0.454 e. The van der Waals surface area contributed by atoms with Crippen molar-refractivity contribution in [2.75, 3.05) is 43.6 Å². The van der Waals surface area contributed by atoms with Crippen LogP contribution in [-0.4, -0.2) is 48.1 Å². The number of fused-ring (bicyclic) bond motifs is 1. The number of nitrogen functional groups attached to an aromatic ring is 1. The molecule has 0 saturated carbocycles. The zero-order valence-corrected chi connectivity index (χ0v) is 13.8. The lowest BCUT2D eigenvalue weighted by molar-refractivity contribution is 0.173.